The quantitative estimate of drug-likeness (QED) is 0.811. The number of carbonyl (C=O) groups excluding carboxylic acids is 1. The Balaban J connectivity index is 1.85. The maximum Gasteiger partial charge on any atom is 0.255 e. The maximum atomic E-state index is 14.0. The minimum absolute atomic E-state index is 0.00647. The number of hydrogen-bond acceptors (Lipinski definition) is 4. The summed E-state index contributed by atoms with van der Waals surface area (Å²) in [5, 5.41) is 2.29. The van der Waals surface area contributed by atoms with E-state index in [4.69, 9.17) is 16.3 Å². The predicted molar refractivity (Wildman–Crippen MR) is 105 cm³/mol. The number of benzene rings is 2. The fraction of sp³-hybridized carbons (Fsp3) is 0.316. The van der Waals surface area contributed by atoms with E-state index in [1.807, 2.05) is 13.8 Å². The number of carbonyl (C=O) groups is 1. The van der Waals surface area contributed by atoms with E-state index in [-0.39, 0.29) is 46.5 Å². The second-order valence-electron chi connectivity index (χ2n) is 6.66. The van der Waals surface area contributed by atoms with Gasteiger partial charge in [0.25, 0.3) is 5.91 Å². The Morgan fingerprint density at radius 2 is 1.82 bits per heavy atom. The maximum absolute atomic E-state index is 14.0. The molecule has 3 rings (SSSR count). The van der Waals surface area contributed by atoms with Gasteiger partial charge in [0.2, 0.25) is 10.0 Å². The first-order valence-corrected chi connectivity index (χ1v) is 10.5. The van der Waals surface area contributed by atoms with Crippen molar-refractivity contribution < 1.29 is 22.3 Å². The molecule has 0 saturated carbocycles. The Bertz CT molecular complexity index is 989. The third kappa shape index (κ3) is 4.35. The number of morpholine rings is 1. The van der Waals surface area contributed by atoms with Crippen LogP contribution in [0.4, 0.5) is 10.1 Å². The largest absolute Gasteiger partial charge is 0.373 e. The molecule has 2 unspecified atom stereocenters. The number of halogens is 2. The highest BCUT2D eigenvalue weighted by Gasteiger charge is 2.32. The second-order valence-corrected chi connectivity index (χ2v) is 9.01. The van der Waals surface area contributed by atoms with Crippen molar-refractivity contribution in [2.24, 2.45) is 0 Å². The summed E-state index contributed by atoms with van der Waals surface area (Å²) in [7, 11) is -3.79. The van der Waals surface area contributed by atoms with Gasteiger partial charge < -0.3 is 10.1 Å². The van der Waals surface area contributed by atoms with Gasteiger partial charge in [-0.05, 0) is 44.2 Å². The van der Waals surface area contributed by atoms with Crippen molar-refractivity contribution >= 4 is 33.2 Å². The SMILES string of the molecule is CC1CN(S(=O)(=O)c2cccc(C(=O)Nc3cccc(Cl)c3F)c2)CC(C)O1. The number of anilines is 1. The Hall–Kier alpha value is -2.00. The summed E-state index contributed by atoms with van der Waals surface area (Å²) in [6.45, 7) is 4.08. The van der Waals surface area contributed by atoms with Gasteiger partial charge in [-0.2, -0.15) is 4.31 Å². The van der Waals surface area contributed by atoms with Gasteiger partial charge in [-0.1, -0.05) is 23.7 Å². The number of nitrogens with zero attached hydrogens (tertiary/aromatic N) is 1. The number of rotatable bonds is 4. The van der Waals surface area contributed by atoms with Crippen LogP contribution < -0.4 is 5.32 Å². The zero-order valence-electron chi connectivity index (χ0n) is 15.4. The smallest absolute Gasteiger partial charge is 0.255 e. The molecule has 1 fully saturated rings. The Morgan fingerprint density at radius 3 is 2.50 bits per heavy atom. The number of hydrogen-bond donors (Lipinski definition) is 1. The molecule has 6 nitrogen and oxygen atoms in total. The Kier molecular flexibility index (Phi) is 6.04. The number of sulfonamides is 1. The molecule has 1 heterocycles. The first kappa shape index (κ1) is 20.7. The lowest BCUT2D eigenvalue weighted by Gasteiger charge is -2.34. The topological polar surface area (TPSA) is 75.7 Å². The molecule has 0 aromatic heterocycles. The molecular weight excluding hydrogens is 407 g/mol. The van der Waals surface area contributed by atoms with Crippen molar-refractivity contribution in [2.45, 2.75) is 31.0 Å². The summed E-state index contributed by atoms with van der Waals surface area (Å²) >= 11 is 5.72. The monoisotopic (exact) mass is 426 g/mol. The summed E-state index contributed by atoms with van der Waals surface area (Å²) in [5.41, 5.74) is 0.0106. The molecule has 1 amide bonds. The van der Waals surface area contributed by atoms with Gasteiger partial charge in [0, 0.05) is 18.7 Å². The van der Waals surface area contributed by atoms with E-state index in [0.29, 0.717) is 0 Å². The summed E-state index contributed by atoms with van der Waals surface area (Å²) in [6.07, 6.45) is -0.452. The molecule has 1 saturated heterocycles. The zero-order valence-corrected chi connectivity index (χ0v) is 16.9. The van der Waals surface area contributed by atoms with Crippen molar-refractivity contribution in [1.29, 1.82) is 0 Å². The van der Waals surface area contributed by atoms with Crippen molar-refractivity contribution in [2.75, 3.05) is 18.4 Å². The van der Waals surface area contributed by atoms with E-state index >= 15 is 0 Å². The van der Waals surface area contributed by atoms with Crippen molar-refractivity contribution in [3.8, 4) is 0 Å². The first-order valence-electron chi connectivity index (χ1n) is 8.69. The van der Waals surface area contributed by atoms with Gasteiger partial charge in [0.05, 0.1) is 27.8 Å². The van der Waals surface area contributed by atoms with Gasteiger partial charge in [0.15, 0.2) is 5.82 Å². The lowest BCUT2D eigenvalue weighted by Crippen LogP contribution is -2.48. The standard InChI is InChI=1S/C19H20ClFN2O4S/c1-12-10-23(11-13(2)27-12)28(25,26)15-6-3-5-14(9-15)19(24)22-17-8-4-7-16(20)18(17)21/h3-9,12-13H,10-11H2,1-2H3,(H,22,24). The molecule has 0 radical (unpaired) electrons. The highest BCUT2D eigenvalue weighted by atomic mass is 35.5. The van der Waals surface area contributed by atoms with E-state index in [1.165, 1.54) is 46.8 Å². The minimum atomic E-state index is -3.79. The summed E-state index contributed by atoms with van der Waals surface area (Å²) in [4.78, 5) is 12.5. The summed E-state index contributed by atoms with van der Waals surface area (Å²) < 4.78 is 46.9. The van der Waals surface area contributed by atoms with E-state index in [1.54, 1.807) is 0 Å². The fourth-order valence-corrected chi connectivity index (χ4v) is 4.88. The average molecular weight is 427 g/mol. The molecule has 1 aliphatic heterocycles. The molecular formula is C19H20ClFN2O4S. The van der Waals surface area contributed by atoms with Crippen molar-refractivity contribution in [1.82, 2.24) is 4.31 Å². The predicted octanol–water partition coefficient (Wildman–Crippen LogP) is 3.53. The van der Waals surface area contributed by atoms with Crippen LogP contribution in [0.2, 0.25) is 5.02 Å². The highest BCUT2D eigenvalue weighted by Crippen LogP contribution is 2.24. The molecule has 150 valence electrons. The lowest BCUT2D eigenvalue weighted by atomic mass is 10.2. The van der Waals surface area contributed by atoms with E-state index in [2.05, 4.69) is 5.32 Å². The van der Waals surface area contributed by atoms with Gasteiger partial charge in [-0.25, -0.2) is 12.8 Å². The van der Waals surface area contributed by atoms with Crippen molar-refractivity contribution in [3.05, 3.63) is 58.9 Å². The van der Waals surface area contributed by atoms with E-state index in [9.17, 15) is 17.6 Å². The Labute approximate surface area is 168 Å². The molecule has 0 spiro atoms. The molecule has 28 heavy (non-hydrogen) atoms. The second kappa shape index (κ2) is 8.16. The molecule has 1 aliphatic rings. The van der Waals surface area contributed by atoms with Gasteiger partial charge in [-0.15, -0.1) is 0 Å². The van der Waals surface area contributed by atoms with Gasteiger partial charge in [0.1, 0.15) is 0 Å². The number of nitrogens with one attached hydrogen (secondary N) is 1. The molecule has 2 atom stereocenters. The van der Waals surface area contributed by atoms with Crippen LogP contribution in [-0.4, -0.2) is 43.9 Å². The lowest BCUT2D eigenvalue weighted by molar-refractivity contribution is -0.0440. The van der Waals surface area contributed by atoms with Crippen LogP contribution in [0, 0.1) is 5.82 Å². The molecule has 0 bridgehead atoms. The number of amides is 1. The van der Waals surface area contributed by atoms with Gasteiger partial charge >= 0.3 is 0 Å². The zero-order chi connectivity index (χ0) is 20.5. The third-order valence-corrected chi connectivity index (χ3v) is 6.44. The third-order valence-electron chi connectivity index (χ3n) is 4.32. The van der Waals surface area contributed by atoms with E-state index < -0.39 is 21.7 Å². The van der Waals surface area contributed by atoms with Crippen LogP contribution in [-0.2, 0) is 14.8 Å². The first-order chi connectivity index (χ1) is 13.2. The van der Waals surface area contributed by atoms with Gasteiger partial charge in [-0.3, -0.25) is 4.79 Å². The summed E-state index contributed by atoms with van der Waals surface area (Å²) in [5.74, 6) is -1.39. The average Bonchev–Trinajstić information content (AvgIpc) is 2.64. The van der Waals surface area contributed by atoms with Crippen molar-refractivity contribution in [3.63, 3.8) is 0 Å². The number of ether oxygens (including phenoxy) is 1. The van der Waals surface area contributed by atoms with Crippen LogP contribution in [0.1, 0.15) is 24.2 Å². The highest BCUT2D eigenvalue weighted by molar-refractivity contribution is 7.89. The fourth-order valence-electron chi connectivity index (χ4n) is 3.07. The minimum Gasteiger partial charge on any atom is -0.373 e. The normalized spacial score (nSPS) is 20.7. The van der Waals surface area contributed by atoms with Crippen LogP contribution in [0.25, 0.3) is 0 Å². The molecule has 0 aliphatic carbocycles. The Morgan fingerprint density at radius 1 is 1.18 bits per heavy atom. The summed E-state index contributed by atoms with van der Waals surface area (Å²) in [6, 6.07) is 9.88. The van der Waals surface area contributed by atoms with E-state index in [0.717, 1.165) is 0 Å². The van der Waals surface area contributed by atoms with Crippen LogP contribution in [0.15, 0.2) is 47.4 Å². The molecule has 2 aromatic rings. The van der Waals surface area contributed by atoms with Crippen LogP contribution in [0.5, 0.6) is 0 Å². The van der Waals surface area contributed by atoms with Crippen LogP contribution >= 0.6 is 11.6 Å². The molecule has 1 N–H and O–H groups in total. The molecule has 9 heteroatoms. The van der Waals surface area contributed by atoms with Crippen LogP contribution in [0.3, 0.4) is 0 Å². The molecule has 2 aromatic carbocycles.